The summed E-state index contributed by atoms with van der Waals surface area (Å²) in [6, 6.07) is 0. The molecule has 0 radical (unpaired) electrons. The zero-order chi connectivity index (χ0) is 20.9. The molecule has 4 aliphatic carbocycles. The van der Waals surface area contributed by atoms with E-state index in [4.69, 9.17) is 9.47 Å². The molecule has 0 aromatic rings. The van der Waals surface area contributed by atoms with Crippen LogP contribution in [0, 0.1) is 58.2 Å². The van der Waals surface area contributed by atoms with E-state index in [1.807, 2.05) is 0 Å². The van der Waals surface area contributed by atoms with Crippen LogP contribution in [0.25, 0.3) is 0 Å². The Morgan fingerprint density at radius 2 is 1.50 bits per heavy atom. The molecule has 2 saturated heterocycles. The summed E-state index contributed by atoms with van der Waals surface area (Å²) in [5, 5.41) is 0. The van der Waals surface area contributed by atoms with Crippen LogP contribution < -0.4 is 0 Å². The number of hydrogen-bond donors (Lipinski definition) is 0. The number of hydrogen-bond acceptors (Lipinski definition) is 2. The molecule has 2 aliphatic heterocycles. The predicted molar refractivity (Wildman–Crippen MR) is 121 cm³/mol. The molecule has 170 valence electrons. The summed E-state index contributed by atoms with van der Waals surface area (Å²) >= 11 is 0. The molecule has 6 aliphatic rings. The van der Waals surface area contributed by atoms with Gasteiger partial charge < -0.3 is 9.47 Å². The molecule has 0 unspecified atom stereocenters. The lowest BCUT2D eigenvalue weighted by molar-refractivity contribution is -0.273. The normalized spacial score (nSPS) is 62.5. The lowest BCUT2D eigenvalue weighted by atomic mass is 9.44. The van der Waals surface area contributed by atoms with E-state index in [0.29, 0.717) is 34.7 Å². The van der Waals surface area contributed by atoms with Crippen molar-refractivity contribution >= 4 is 0 Å². The van der Waals surface area contributed by atoms with Gasteiger partial charge in [-0.1, -0.05) is 41.0 Å². The van der Waals surface area contributed by atoms with Gasteiger partial charge in [0.05, 0.1) is 12.7 Å². The monoisotopic (exact) mass is 414 g/mol. The summed E-state index contributed by atoms with van der Waals surface area (Å²) in [6.45, 7) is 13.6. The average Bonchev–Trinajstić information content (AvgIpc) is 3.16. The Morgan fingerprint density at radius 1 is 0.733 bits per heavy atom. The second-order valence-electron chi connectivity index (χ2n) is 13.6. The molecule has 6 fully saturated rings. The van der Waals surface area contributed by atoms with Crippen molar-refractivity contribution in [1.29, 1.82) is 0 Å². The highest BCUT2D eigenvalue weighted by molar-refractivity contribution is 5.15. The maximum atomic E-state index is 6.93. The maximum absolute atomic E-state index is 6.93. The first-order chi connectivity index (χ1) is 14.3. The van der Waals surface area contributed by atoms with Crippen molar-refractivity contribution in [3.05, 3.63) is 0 Å². The molecule has 0 aromatic carbocycles. The van der Waals surface area contributed by atoms with Crippen LogP contribution >= 0.6 is 0 Å². The summed E-state index contributed by atoms with van der Waals surface area (Å²) in [5.74, 6) is 6.52. The minimum Gasteiger partial charge on any atom is -0.349 e. The number of fused-ring (bicyclic) bond motifs is 7. The van der Waals surface area contributed by atoms with Crippen LogP contribution in [0.2, 0.25) is 0 Å². The molecule has 0 aromatic heterocycles. The zero-order valence-electron chi connectivity index (χ0n) is 20.3. The fraction of sp³-hybridized carbons (Fsp3) is 1.00. The molecule has 0 N–H and O–H groups in total. The quantitative estimate of drug-likeness (QED) is 0.422. The summed E-state index contributed by atoms with van der Waals surface area (Å²) in [6.07, 6.45) is 14.6. The van der Waals surface area contributed by atoms with E-state index in [0.717, 1.165) is 42.6 Å². The van der Waals surface area contributed by atoms with Gasteiger partial charge in [0.1, 0.15) is 0 Å². The highest BCUT2D eigenvalue weighted by atomic mass is 16.7. The Bertz CT molecular complexity index is 680. The van der Waals surface area contributed by atoms with Gasteiger partial charge in [0.15, 0.2) is 5.79 Å². The van der Waals surface area contributed by atoms with Crippen LogP contribution in [0.4, 0.5) is 0 Å². The molecular formula is C28H46O2. The van der Waals surface area contributed by atoms with Crippen LogP contribution in [0.3, 0.4) is 0 Å². The van der Waals surface area contributed by atoms with Gasteiger partial charge in [0.25, 0.3) is 0 Å². The van der Waals surface area contributed by atoms with Crippen molar-refractivity contribution in [2.45, 2.75) is 111 Å². The first kappa shape index (κ1) is 20.5. The zero-order valence-corrected chi connectivity index (χ0v) is 20.3. The number of ether oxygens (including phenoxy) is 2. The van der Waals surface area contributed by atoms with Crippen LogP contribution in [0.5, 0.6) is 0 Å². The van der Waals surface area contributed by atoms with Gasteiger partial charge in [-0.15, -0.1) is 0 Å². The van der Waals surface area contributed by atoms with Gasteiger partial charge in [-0.3, -0.25) is 0 Å². The molecule has 12 atom stereocenters. The third-order valence-electron chi connectivity index (χ3n) is 12.2. The summed E-state index contributed by atoms with van der Waals surface area (Å²) in [7, 11) is 0. The van der Waals surface area contributed by atoms with Gasteiger partial charge >= 0.3 is 0 Å². The van der Waals surface area contributed by atoms with E-state index < -0.39 is 0 Å². The smallest absolute Gasteiger partial charge is 0.171 e. The minimum atomic E-state index is -0.254. The van der Waals surface area contributed by atoms with E-state index in [9.17, 15) is 0 Å². The molecule has 2 nitrogen and oxygen atoms in total. The second kappa shape index (κ2) is 6.72. The van der Waals surface area contributed by atoms with Crippen molar-refractivity contribution in [2.24, 2.45) is 58.2 Å². The first-order valence-corrected chi connectivity index (χ1v) is 13.6. The molecule has 0 amide bonds. The summed E-state index contributed by atoms with van der Waals surface area (Å²) < 4.78 is 13.4. The van der Waals surface area contributed by atoms with Crippen molar-refractivity contribution in [1.82, 2.24) is 0 Å². The Labute approximate surface area is 185 Å². The molecular weight excluding hydrogens is 368 g/mol. The van der Waals surface area contributed by atoms with Crippen LogP contribution in [0.1, 0.15) is 98.8 Å². The fourth-order valence-electron chi connectivity index (χ4n) is 10.5. The lowest BCUT2D eigenvalue weighted by Gasteiger charge is -2.61. The molecule has 2 heteroatoms. The Hall–Kier alpha value is -0.0800. The van der Waals surface area contributed by atoms with E-state index in [1.165, 1.54) is 57.8 Å². The largest absolute Gasteiger partial charge is 0.349 e. The molecule has 0 bridgehead atoms. The Balaban J connectivity index is 1.26. The van der Waals surface area contributed by atoms with E-state index in [2.05, 4.69) is 34.6 Å². The van der Waals surface area contributed by atoms with Gasteiger partial charge in [0.2, 0.25) is 0 Å². The summed E-state index contributed by atoms with van der Waals surface area (Å²) in [4.78, 5) is 0. The van der Waals surface area contributed by atoms with E-state index in [-0.39, 0.29) is 5.79 Å². The molecule has 1 spiro atoms. The van der Waals surface area contributed by atoms with Crippen molar-refractivity contribution in [3.8, 4) is 0 Å². The summed E-state index contributed by atoms with van der Waals surface area (Å²) in [5.41, 5.74) is 1.11. The Morgan fingerprint density at radius 3 is 2.27 bits per heavy atom. The SMILES string of the molecule is C[C@@H]1CC[C@@]2(OC1)O[C@H]1C[C@H]3[C@H]4CC[C@@H]5C[C@H](C)CC[C@]5(C)[C@H]4CC[C@]3(C)[C@H]1[C@@H]2C. The fourth-order valence-corrected chi connectivity index (χ4v) is 10.5. The Kier molecular flexibility index (Phi) is 4.60. The van der Waals surface area contributed by atoms with E-state index in [1.54, 1.807) is 0 Å². The predicted octanol–water partition coefficient (Wildman–Crippen LogP) is 7.07. The maximum Gasteiger partial charge on any atom is 0.171 e. The van der Waals surface area contributed by atoms with Crippen molar-refractivity contribution in [3.63, 3.8) is 0 Å². The van der Waals surface area contributed by atoms with Crippen molar-refractivity contribution in [2.75, 3.05) is 6.61 Å². The van der Waals surface area contributed by atoms with Gasteiger partial charge in [-0.2, -0.15) is 0 Å². The molecule has 4 saturated carbocycles. The van der Waals surface area contributed by atoms with Gasteiger partial charge in [-0.05, 0) is 104 Å². The van der Waals surface area contributed by atoms with Crippen LogP contribution in [0.15, 0.2) is 0 Å². The van der Waals surface area contributed by atoms with Gasteiger partial charge in [0, 0.05) is 12.3 Å². The first-order valence-electron chi connectivity index (χ1n) is 13.6. The third-order valence-corrected chi connectivity index (χ3v) is 12.2. The molecule has 6 rings (SSSR count). The minimum absolute atomic E-state index is 0.254. The van der Waals surface area contributed by atoms with Gasteiger partial charge in [-0.25, -0.2) is 0 Å². The third kappa shape index (κ3) is 2.62. The topological polar surface area (TPSA) is 18.5 Å². The van der Waals surface area contributed by atoms with Crippen molar-refractivity contribution < 1.29 is 9.47 Å². The highest BCUT2D eigenvalue weighted by Gasteiger charge is 2.69. The van der Waals surface area contributed by atoms with E-state index >= 15 is 0 Å². The van der Waals surface area contributed by atoms with Crippen LogP contribution in [-0.4, -0.2) is 18.5 Å². The molecule has 30 heavy (non-hydrogen) atoms. The molecule has 2 heterocycles. The standard InChI is InChI=1S/C28H46O2/c1-17-8-11-26(4)20(14-17)6-7-21-22(26)10-12-27(5)23(21)15-24-25(27)19(3)28(30-24)13-9-18(2)16-29-28/h17-25H,6-16H2,1-5H3/t17-,18-,19+,20-,21+,22+,23+,24+,25+,26+,27+,28-/m1/s1. The average molecular weight is 415 g/mol. The lowest BCUT2D eigenvalue weighted by Crippen LogP contribution is -2.54. The highest BCUT2D eigenvalue weighted by Crippen LogP contribution is 2.71. The second-order valence-corrected chi connectivity index (χ2v) is 13.6. The van der Waals surface area contributed by atoms with Crippen LogP contribution in [-0.2, 0) is 9.47 Å². The number of rotatable bonds is 0.